The first-order valence-corrected chi connectivity index (χ1v) is 13.5. The van der Waals surface area contributed by atoms with Crippen molar-refractivity contribution in [2.45, 2.75) is 66.0 Å². The van der Waals surface area contributed by atoms with Gasteiger partial charge in [0.15, 0.2) is 5.82 Å². The molecule has 2 N–H and O–H groups in total. The summed E-state index contributed by atoms with van der Waals surface area (Å²) in [7, 11) is 1.76. The van der Waals surface area contributed by atoms with E-state index in [9.17, 15) is 9.59 Å². The van der Waals surface area contributed by atoms with Gasteiger partial charge in [-0.2, -0.15) is 4.99 Å². The zero-order valence-corrected chi connectivity index (χ0v) is 23.7. The van der Waals surface area contributed by atoms with Crippen molar-refractivity contribution in [1.82, 2.24) is 20.0 Å². The third-order valence-electron chi connectivity index (χ3n) is 7.18. The molecule has 1 fully saturated rings. The van der Waals surface area contributed by atoms with E-state index < -0.39 is 0 Å². The molecule has 2 amide bonds. The average Bonchev–Trinajstić information content (AvgIpc) is 3.01. The van der Waals surface area contributed by atoms with E-state index in [1.54, 1.807) is 30.1 Å². The van der Waals surface area contributed by atoms with Gasteiger partial charge in [0, 0.05) is 50.7 Å². The molecular formula is C28H43N7O3. The fourth-order valence-corrected chi connectivity index (χ4v) is 4.71. The molecule has 0 aromatic heterocycles. The summed E-state index contributed by atoms with van der Waals surface area (Å²) in [6, 6.07) is 5.62. The van der Waals surface area contributed by atoms with Crippen molar-refractivity contribution in [2.75, 3.05) is 45.2 Å². The molecule has 3 rings (SSSR count). The van der Waals surface area contributed by atoms with Crippen molar-refractivity contribution < 1.29 is 14.3 Å². The molecule has 10 nitrogen and oxygen atoms in total. The summed E-state index contributed by atoms with van der Waals surface area (Å²) >= 11 is 0. The van der Waals surface area contributed by atoms with Crippen molar-refractivity contribution in [3.8, 4) is 5.75 Å². The van der Waals surface area contributed by atoms with Gasteiger partial charge in [-0.05, 0) is 72.0 Å². The van der Waals surface area contributed by atoms with Gasteiger partial charge in [0.05, 0.1) is 18.0 Å². The van der Waals surface area contributed by atoms with E-state index in [-0.39, 0.29) is 29.9 Å². The fourth-order valence-electron chi connectivity index (χ4n) is 4.71. The Hall–Kier alpha value is -3.40. The van der Waals surface area contributed by atoms with Crippen LogP contribution in [0.15, 0.2) is 39.7 Å². The van der Waals surface area contributed by atoms with E-state index >= 15 is 0 Å². The Morgan fingerprint density at radius 3 is 2.53 bits per heavy atom. The SMILES string of the molecule is C=N/C(=N\C1=C(C)N(C)C(=O)CCN1C(C)C)Nc1ccc(C(=O)NC2CCN(CC)CC2)cc1OCC. The molecule has 2 aliphatic heterocycles. The lowest BCUT2D eigenvalue weighted by molar-refractivity contribution is -0.127. The molecule has 0 aliphatic carbocycles. The monoisotopic (exact) mass is 525 g/mol. The molecule has 10 heteroatoms. The largest absolute Gasteiger partial charge is 0.492 e. The summed E-state index contributed by atoms with van der Waals surface area (Å²) in [4.78, 5) is 40.5. The van der Waals surface area contributed by atoms with Gasteiger partial charge in [-0.15, -0.1) is 0 Å². The lowest BCUT2D eigenvalue weighted by Crippen LogP contribution is -2.44. The van der Waals surface area contributed by atoms with Crippen LogP contribution in [0.3, 0.4) is 0 Å². The standard InChI is InChI=1S/C28H43N7O3/c1-8-34-15-12-22(13-16-34)30-27(37)21-10-11-23(24(18-21)38-9-2)31-28(29-6)32-26-20(5)33(7)25(36)14-17-35(26)19(3)4/h10-11,18-19,22H,6,8-9,12-17H2,1-5,7H3,(H,30,37)(H,31,32). The predicted octanol–water partition coefficient (Wildman–Crippen LogP) is 3.53. The summed E-state index contributed by atoms with van der Waals surface area (Å²) in [6.07, 6.45) is 2.31. The Morgan fingerprint density at radius 1 is 1.21 bits per heavy atom. The second-order valence-corrected chi connectivity index (χ2v) is 9.94. The molecule has 208 valence electrons. The Morgan fingerprint density at radius 2 is 1.92 bits per heavy atom. The lowest BCUT2D eigenvalue weighted by Gasteiger charge is -2.31. The number of allylic oxidation sites excluding steroid dienone is 1. The number of hydrogen-bond donors (Lipinski definition) is 2. The summed E-state index contributed by atoms with van der Waals surface area (Å²) in [6.45, 7) is 17.8. The number of likely N-dealkylation sites (tertiary alicyclic amines) is 1. The van der Waals surface area contributed by atoms with E-state index in [4.69, 9.17) is 9.73 Å². The minimum atomic E-state index is -0.109. The number of rotatable bonds is 8. The van der Waals surface area contributed by atoms with Crippen LogP contribution in [-0.2, 0) is 4.79 Å². The van der Waals surface area contributed by atoms with Crippen molar-refractivity contribution in [3.63, 3.8) is 0 Å². The van der Waals surface area contributed by atoms with E-state index in [1.807, 2.05) is 13.8 Å². The molecule has 1 saturated heterocycles. The molecular weight excluding hydrogens is 482 g/mol. The number of carbonyl (C=O) groups is 2. The van der Waals surface area contributed by atoms with Crippen LogP contribution >= 0.6 is 0 Å². The predicted molar refractivity (Wildman–Crippen MR) is 153 cm³/mol. The third kappa shape index (κ3) is 7.12. The molecule has 0 saturated carbocycles. The number of anilines is 1. The highest BCUT2D eigenvalue weighted by molar-refractivity contribution is 6.00. The van der Waals surface area contributed by atoms with Gasteiger partial charge in [-0.25, -0.2) is 4.99 Å². The highest BCUT2D eigenvalue weighted by Crippen LogP contribution is 2.28. The molecule has 0 unspecified atom stereocenters. The molecule has 2 aliphatic rings. The molecule has 2 heterocycles. The van der Waals surface area contributed by atoms with Crippen LogP contribution in [0.2, 0.25) is 0 Å². The number of amides is 2. The number of piperidine rings is 1. The molecule has 0 bridgehead atoms. The van der Waals surface area contributed by atoms with Crippen molar-refractivity contribution in [2.24, 2.45) is 9.98 Å². The average molecular weight is 526 g/mol. The second kappa shape index (κ2) is 13.4. The zero-order valence-electron chi connectivity index (χ0n) is 23.7. The van der Waals surface area contributed by atoms with Crippen LogP contribution in [-0.4, -0.2) is 91.1 Å². The Bertz CT molecular complexity index is 1070. The van der Waals surface area contributed by atoms with E-state index in [0.29, 0.717) is 42.4 Å². The third-order valence-corrected chi connectivity index (χ3v) is 7.18. The van der Waals surface area contributed by atoms with Crippen LogP contribution < -0.4 is 15.4 Å². The fraction of sp³-hybridized carbons (Fsp3) is 0.571. The van der Waals surface area contributed by atoms with Gasteiger partial charge in [0.1, 0.15) is 5.75 Å². The normalized spacial score (nSPS) is 18.1. The van der Waals surface area contributed by atoms with Gasteiger partial charge in [0.25, 0.3) is 5.91 Å². The van der Waals surface area contributed by atoms with Crippen molar-refractivity contribution >= 4 is 30.2 Å². The molecule has 0 radical (unpaired) electrons. The number of guanidine groups is 1. The maximum atomic E-state index is 13.0. The minimum Gasteiger partial charge on any atom is -0.492 e. The summed E-state index contributed by atoms with van der Waals surface area (Å²) in [5.41, 5.74) is 1.90. The number of ether oxygens (including phenoxy) is 1. The highest BCUT2D eigenvalue weighted by Gasteiger charge is 2.26. The molecule has 0 atom stereocenters. The van der Waals surface area contributed by atoms with Crippen LogP contribution in [0.4, 0.5) is 5.69 Å². The van der Waals surface area contributed by atoms with Crippen molar-refractivity contribution in [3.05, 3.63) is 35.3 Å². The number of carbonyl (C=O) groups excluding carboxylic acids is 2. The number of hydrogen-bond acceptors (Lipinski definition) is 6. The van der Waals surface area contributed by atoms with Crippen LogP contribution in [0.25, 0.3) is 0 Å². The first-order valence-electron chi connectivity index (χ1n) is 13.5. The minimum absolute atomic E-state index is 0.0443. The maximum absolute atomic E-state index is 13.0. The van der Waals surface area contributed by atoms with Crippen LogP contribution in [0, 0.1) is 0 Å². The quantitative estimate of drug-likeness (QED) is 0.398. The Balaban J connectivity index is 1.84. The Kier molecular flexibility index (Phi) is 10.3. The molecule has 1 aromatic carbocycles. The zero-order chi connectivity index (χ0) is 27.8. The summed E-state index contributed by atoms with van der Waals surface area (Å²) < 4.78 is 5.87. The van der Waals surface area contributed by atoms with Crippen LogP contribution in [0.5, 0.6) is 5.75 Å². The number of benzene rings is 1. The van der Waals surface area contributed by atoms with Gasteiger partial charge in [-0.3, -0.25) is 9.59 Å². The molecule has 0 spiro atoms. The van der Waals surface area contributed by atoms with E-state index in [0.717, 1.165) is 38.2 Å². The first kappa shape index (κ1) is 29.2. The van der Waals surface area contributed by atoms with Gasteiger partial charge < -0.3 is 30.1 Å². The van der Waals surface area contributed by atoms with E-state index in [2.05, 4.69) is 52.9 Å². The number of aliphatic imine (C=N–C) groups is 2. The van der Waals surface area contributed by atoms with E-state index in [1.165, 1.54) is 0 Å². The second-order valence-electron chi connectivity index (χ2n) is 9.94. The Labute approximate surface area is 226 Å². The smallest absolute Gasteiger partial charge is 0.251 e. The summed E-state index contributed by atoms with van der Waals surface area (Å²) in [5.74, 6) is 1.39. The van der Waals surface area contributed by atoms with Gasteiger partial charge in [-0.1, -0.05) is 6.92 Å². The van der Waals surface area contributed by atoms with Gasteiger partial charge in [0.2, 0.25) is 11.9 Å². The number of nitrogens with one attached hydrogen (secondary N) is 2. The maximum Gasteiger partial charge on any atom is 0.251 e. The first-order chi connectivity index (χ1) is 18.2. The highest BCUT2D eigenvalue weighted by atomic mass is 16.5. The van der Waals surface area contributed by atoms with Crippen molar-refractivity contribution in [1.29, 1.82) is 0 Å². The topological polar surface area (TPSA) is 102 Å². The molecule has 1 aromatic rings. The summed E-state index contributed by atoms with van der Waals surface area (Å²) in [5, 5.41) is 6.38. The number of nitrogens with zero attached hydrogens (tertiary/aromatic N) is 5. The molecule has 38 heavy (non-hydrogen) atoms. The van der Waals surface area contributed by atoms with Gasteiger partial charge >= 0.3 is 0 Å². The van der Waals surface area contributed by atoms with Crippen LogP contribution in [0.1, 0.15) is 64.2 Å². The lowest BCUT2D eigenvalue weighted by atomic mass is 10.0.